The third-order valence-corrected chi connectivity index (χ3v) is 8.07. The second kappa shape index (κ2) is 7.13. The monoisotopic (exact) mass is 459 g/mol. The van der Waals surface area contributed by atoms with Gasteiger partial charge in [-0.15, -0.1) is 0 Å². The molecule has 2 aromatic carbocycles. The van der Waals surface area contributed by atoms with Crippen molar-refractivity contribution in [1.82, 2.24) is 9.21 Å². The van der Waals surface area contributed by atoms with Gasteiger partial charge < -0.3 is 10.2 Å². The van der Waals surface area contributed by atoms with Crippen LogP contribution in [0.2, 0.25) is 0 Å². The molecule has 0 aromatic heterocycles. The number of carbonyl (C=O) groups excluding carboxylic acids is 2. The maximum Gasteiger partial charge on any atom is 0.336 e. The van der Waals surface area contributed by atoms with Crippen molar-refractivity contribution >= 4 is 33.2 Å². The third kappa shape index (κ3) is 3.01. The summed E-state index contributed by atoms with van der Waals surface area (Å²) >= 11 is 0. The molecule has 0 unspecified atom stereocenters. The third-order valence-electron chi connectivity index (χ3n) is 6.28. The number of urea groups is 1. The number of hydrogen-bond donors (Lipinski definition) is 1. The van der Waals surface area contributed by atoms with Crippen molar-refractivity contribution < 1.29 is 26.8 Å². The molecule has 1 aliphatic carbocycles. The largest absolute Gasteiger partial charge is 0.336 e. The number of rotatable bonds is 3. The summed E-state index contributed by atoms with van der Waals surface area (Å²) in [4.78, 5) is 25.9. The Morgan fingerprint density at radius 1 is 1.19 bits per heavy atom. The number of hydrogen-bond acceptors (Lipinski definition) is 4. The summed E-state index contributed by atoms with van der Waals surface area (Å²) in [5.41, 5.74) is 3.06. The van der Waals surface area contributed by atoms with Crippen molar-refractivity contribution in [2.24, 2.45) is 5.92 Å². The fraction of sp³-hybridized carbons (Fsp3) is 0.273. The lowest BCUT2D eigenvalue weighted by molar-refractivity contribution is -0.131. The van der Waals surface area contributed by atoms with E-state index in [9.17, 15) is 26.8 Å². The summed E-state index contributed by atoms with van der Waals surface area (Å²) < 4.78 is 53.8. The molecule has 1 N–H and O–H groups in total. The van der Waals surface area contributed by atoms with Crippen LogP contribution in [0.3, 0.4) is 0 Å². The van der Waals surface area contributed by atoms with Crippen LogP contribution in [0.25, 0.3) is 5.57 Å². The molecule has 10 heteroatoms. The van der Waals surface area contributed by atoms with E-state index in [2.05, 4.69) is 5.32 Å². The quantitative estimate of drug-likeness (QED) is 0.764. The van der Waals surface area contributed by atoms with Gasteiger partial charge in [0, 0.05) is 12.5 Å². The molecule has 3 aliphatic rings. The van der Waals surface area contributed by atoms with Crippen molar-refractivity contribution in [3.8, 4) is 0 Å². The van der Waals surface area contributed by atoms with Gasteiger partial charge >= 0.3 is 6.03 Å². The first kappa shape index (κ1) is 20.6. The number of nitrogens with one attached hydrogen (secondary N) is 1. The van der Waals surface area contributed by atoms with Gasteiger partial charge in [0.15, 0.2) is 11.6 Å². The number of likely N-dealkylation sites (tertiary alicyclic amines) is 1. The summed E-state index contributed by atoms with van der Waals surface area (Å²) in [6.45, 7) is 1.63. The summed E-state index contributed by atoms with van der Waals surface area (Å²) in [6, 6.07) is 8.37. The topological polar surface area (TPSA) is 86.8 Å². The smallest absolute Gasteiger partial charge is 0.334 e. The molecule has 1 fully saturated rings. The normalized spacial score (nSPS) is 23.1. The predicted octanol–water partition coefficient (Wildman–Crippen LogP) is 3.12. The minimum Gasteiger partial charge on any atom is -0.334 e. The lowest BCUT2D eigenvalue weighted by Crippen LogP contribution is -2.50. The maximum atomic E-state index is 14.2. The standard InChI is InChI=1S/C22H19F2N3O4S/c1-12-4-2-3-5-15(12)16-9-14-8-13(16)10-26(14)19(28)11-27-22(29)25-18-7-6-17(23)20(24)21(18)32(27,30)31/h2-7,9,13-14H,8,10-11H2,1H3,(H,25,29)/t13-,14-/m0/s1. The highest BCUT2D eigenvalue weighted by atomic mass is 32.2. The average Bonchev–Trinajstić information content (AvgIpc) is 3.35. The Morgan fingerprint density at radius 2 is 1.94 bits per heavy atom. The molecule has 1 saturated heterocycles. The number of benzene rings is 2. The van der Waals surface area contributed by atoms with Crippen LogP contribution in [-0.2, 0) is 14.8 Å². The number of fused-ring (bicyclic) bond motifs is 3. The van der Waals surface area contributed by atoms with E-state index in [1.54, 1.807) is 0 Å². The second-order valence-electron chi connectivity index (χ2n) is 8.16. The van der Waals surface area contributed by atoms with Gasteiger partial charge in [0.05, 0.1) is 11.7 Å². The molecule has 5 rings (SSSR count). The van der Waals surface area contributed by atoms with Crippen molar-refractivity contribution in [2.75, 3.05) is 18.4 Å². The molecule has 166 valence electrons. The Hall–Kier alpha value is -3.27. The summed E-state index contributed by atoms with van der Waals surface area (Å²) in [7, 11) is -4.74. The van der Waals surface area contributed by atoms with Crippen molar-refractivity contribution in [1.29, 1.82) is 0 Å². The average molecular weight is 459 g/mol. The number of carbonyl (C=O) groups is 2. The first-order chi connectivity index (χ1) is 15.2. The van der Waals surface area contributed by atoms with Crippen LogP contribution in [0.4, 0.5) is 19.3 Å². The molecular weight excluding hydrogens is 440 g/mol. The number of nitrogens with zero attached hydrogens (tertiary/aromatic N) is 2. The molecule has 2 bridgehead atoms. The Bertz CT molecular complexity index is 1310. The zero-order valence-electron chi connectivity index (χ0n) is 17.0. The van der Waals surface area contributed by atoms with Crippen LogP contribution >= 0.6 is 0 Å². The van der Waals surface area contributed by atoms with Gasteiger partial charge in [0.1, 0.15) is 11.4 Å². The minimum absolute atomic E-state index is 0.115. The number of anilines is 1. The highest BCUT2D eigenvalue weighted by molar-refractivity contribution is 7.90. The molecule has 3 amide bonds. The van der Waals surface area contributed by atoms with E-state index in [4.69, 9.17) is 0 Å². The van der Waals surface area contributed by atoms with Crippen LogP contribution in [0.5, 0.6) is 0 Å². The molecule has 2 aliphatic heterocycles. The van der Waals surface area contributed by atoms with Crippen LogP contribution in [0.1, 0.15) is 17.5 Å². The fourth-order valence-electron chi connectivity index (χ4n) is 4.74. The zero-order valence-corrected chi connectivity index (χ0v) is 17.8. The number of sulfonamides is 1. The van der Waals surface area contributed by atoms with Gasteiger partial charge in [-0.05, 0) is 42.2 Å². The highest BCUT2D eigenvalue weighted by Gasteiger charge is 2.45. The summed E-state index contributed by atoms with van der Waals surface area (Å²) in [5, 5.41) is 2.22. The summed E-state index contributed by atoms with van der Waals surface area (Å²) in [5.74, 6) is -3.41. The zero-order chi connectivity index (χ0) is 22.8. The van der Waals surface area contributed by atoms with E-state index in [1.807, 2.05) is 37.3 Å². The van der Waals surface area contributed by atoms with Crippen LogP contribution in [0, 0.1) is 24.5 Å². The molecular formula is C22H19F2N3O4S. The van der Waals surface area contributed by atoms with E-state index < -0.39 is 45.0 Å². The van der Waals surface area contributed by atoms with Crippen LogP contribution < -0.4 is 5.32 Å². The molecule has 32 heavy (non-hydrogen) atoms. The van der Waals surface area contributed by atoms with E-state index in [0.717, 1.165) is 35.3 Å². The van der Waals surface area contributed by atoms with E-state index in [1.165, 1.54) is 4.90 Å². The Balaban J connectivity index is 1.39. The van der Waals surface area contributed by atoms with Crippen LogP contribution in [-0.4, -0.2) is 48.7 Å². The Labute approximate surface area is 183 Å². The molecule has 2 aromatic rings. The first-order valence-corrected chi connectivity index (χ1v) is 11.5. The number of aryl methyl sites for hydroxylation is 1. The Kier molecular flexibility index (Phi) is 4.59. The van der Waals surface area contributed by atoms with E-state index in [-0.39, 0.29) is 22.0 Å². The van der Waals surface area contributed by atoms with E-state index in [0.29, 0.717) is 6.54 Å². The Morgan fingerprint density at radius 3 is 2.62 bits per heavy atom. The highest BCUT2D eigenvalue weighted by Crippen LogP contribution is 2.43. The molecule has 2 atom stereocenters. The molecule has 0 spiro atoms. The van der Waals surface area contributed by atoms with Gasteiger partial charge in [0.2, 0.25) is 5.91 Å². The first-order valence-electron chi connectivity index (χ1n) is 10.1. The van der Waals surface area contributed by atoms with Gasteiger partial charge in [-0.3, -0.25) is 4.79 Å². The molecule has 0 radical (unpaired) electrons. The SMILES string of the molecule is Cc1ccccc1C1=C[C@@H]2C[C@H]1CN2C(=O)CN1C(=O)Nc2ccc(F)c(F)c2S1(=O)=O. The molecule has 7 nitrogen and oxygen atoms in total. The van der Waals surface area contributed by atoms with Gasteiger partial charge in [-0.2, -0.15) is 0 Å². The van der Waals surface area contributed by atoms with Crippen molar-refractivity contribution in [3.63, 3.8) is 0 Å². The second-order valence-corrected chi connectivity index (χ2v) is 9.96. The van der Waals surface area contributed by atoms with Crippen molar-refractivity contribution in [2.45, 2.75) is 24.3 Å². The maximum absolute atomic E-state index is 14.2. The lowest BCUT2D eigenvalue weighted by atomic mass is 9.92. The number of halogens is 2. The minimum atomic E-state index is -4.74. The van der Waals surface area contributed by atoms with Gasteiger partial charge in [0.25, 0.3) is 10.0 Å². The molecule has 2 heterocycles. The lowest BCUT2D eigenvalue weighted by Gasteiger charge is -2.32. The van der Waals surface area contributed by atoms with Crippen molar-refractivity contribution in [3.05, 3.63) is 65.2 Å². The van der Waals surface area contributed by atoms with Gasteiger partial charge in [-0.25, -0.2) is 26.3 Å². The van der Waals surface area contributed by atoms with Gasteiger partial charge in [-0.1, -0.05) is 30.3 Å². The predicted molar refractivity (Wildman–Crippen MR) is 112 cm³/mol. The fourth-order valence-corrected chi connectivity index (χ4v) is 6.22. The van der Waals surface area contributed by atoms with E-state index >= 15 is 0 Å². The van der Waals surface area contributed by atoms with Crippen LogP contribution in [0.15, 0.2) is 47.4 Å². The summed E-state index contributed by atoms with van der Waals surface area (Å²) in [6.07, 6.45) is 2.72. The number of amides is 3. The molecule has 0 saturated carbocycles.